The molecule has 0 aliphatic carbocycles. The summed E-state index contributed by atoms with van der Waals surface area (Å²) in [6.07, 6.45) is -0.472. The molecule has 0 spiro atoms. The average Bonchev–Trinajstić information content (AvgIpc) is 3.22. The predicted molar refractivity (Wildman–Crippen MR) is 113 cm³/mol. The molecule has 4 unspecified atom stereocenters. The molecule has 0 aromatic heterocycles. The van der Waals surface area contributed by atoms with E-state index in [0.29, 0.717) is 6.42 Å². The van der Waals surface area contributed by atoms with Gasteiger partial charge in [-0.3, -0.25) is 24.0 Å². The lowest BCUT2D eigenvalue weighted by atomic mass is 10.0. The van der Waals surface area contributed by atoms with Gasteiger partial charge in [-0.1, -0.05) is 13.8 Å². The minimum atomic E-state index is -1.30. The van der Waals surface area contributed by atoms with Crippen molar-refractivity contribution in [1.82, 2.24) is 15.5 Å². The molecule has 33 heavy (non-hydrogen) atoms. The summed E-state index contributed by atoms with van der Waals surface area (Å²) in [5.74, 6) is -6.18. The number of rotatable bonds is 13. The van der Waals surface area contributed by atoms with Gasteiger partial charge in [-0.25, -0.2) is 4.79 Å². The standard InChI is InChI=1S/C20H32N4O9/c1-10(2)16(23-17(29)11(21)5-7-14(25)26)18(30)22-12(6-8-15(27)28)19(31)24-9-3-4-13(24)20(32)33/h10-13,16H,3-9,21H2,1-2H3,(H,22,30)(H,23,29)(H,25,26)(H,27,28)(H,32,33). The quantitative estimate of drug-likeness (QED) is 0.187. The van der Waals surface area contributed by atoms with Crippen molar-refractivity contribution in [3.05, 3.63) is 0 Å². The fourth-order valence-electron chi connectivity index (χ4n) is 3.48. The van der Waals surface area contributed by atoms with Crippen LogP contribution in [0.2, 0.25) is 0 Å². The minimum absolute atomic E-state index is 0.140. The van der Waals surface area contributed by atoms with Crippen molar-refractivity contribution in [2.24, 2.45) is 11.7 Å². The van der Waals surface area contributed by atoms with Gasteiger partial charge in [0.05, 0.1) is 6.04 Å². The Morgan fingerprint density at radius 1 is 0.939 bits per heavy atom. The molecule has 1 aliphatic heterocycles. The third kappa shape index (κ3) is 8.67. The summed E-state index contributed by atoms with van der Waals surface area (Å²) in [5.41, 5.74) is 5.68. The van der Waals surface area contributed by atoms with Gasteiger partial charge in [0.15, 0.2) is 0 Å². The smallest absolute Gasteiger partial charge is 0.326 e. The van der Waals surface area contributed by atoms with E-state index in [9.17, 15) is 33.9 Å². The van der Waals surface area contributed by atoms with Gasteiger partial charge in [0.25, 0.3) is 0 Å². The highest BCUT2D eigenvalue weighted by atomic mass is 16.4. The van der Waals surface area contributed by atoms with E-state index < -0.39 is 72.1 Å². The predicted octanol–water partition coefficient (Wildman–Crippen LogP) is -1.26. The number of hydrogen-bond acceptors (Lipinski definition) is 7. The molecule has 1 aliphatic rings. The molecule has 1 heterocycles. The molecule has 186 valence electrons. The van der Waals surface area contributed by atoms with Crippen molar-refractivity contribution in [2.75, 3.05) is 6.54 Å². The first-order chi connectivity index (χ1) is 15.3. The summed E-state index contributed by atoms with van der Waals surface area (Å²) < 4.78 is 0. The first kappa shape index (κ1) is 27.8. The lowest BCUT2D eigenvalue weighted by Crippen LogP contribution is -2.58. The molecule has 4 atom stereocenters. The number of amides is 3. The number of nitrogens with one attached hydrogen (secondary N) is 2. The monoisotopic (exact) mass is 472 g/mol. The Kier molecular flexibility index (Phi) is 10.7. The van der Waals surface area contributed by atoms with Gasteiger partial charge in [0, 0.05) is 19.4 Å². The lowest BCUT2D eigenvalue weighted by molar-refractivity contribution is -0.150. The second-order valence-electron chi connectivity index (χ2n) is 8.29. The maximum Gasteiger partial charge on any atom is 0.326 e. The fourth-order valence-corrected chi connectivity index (χ4v) is 3.48. The Hall–Kier alpha value is -3.22. The molecule has 0 aromatic carbocycles. The van der Waals surface area contributed by atoms with Crippen molar-refractivity contribution in [3.63, 3.8) is 0 Å². The average molecular weight is 472 g/mol. The van der Waals surface area contributed by atoms with E-state index in [1.54, 1.807) is 13.8 Å². The van der Waals surface area contributed by atoms with Gasteiger partial charge in [-0.15, -0.1) is 0 Å². The summed E-state index contributed by atoms with van der Waals surface area (Å²) in [4.78, 5) is 72.4. The van der Waals surface area contributed by atoms with Crippen LogP contribution in [0.1, 0.15) is 52.4 Å². The minimum Gasteiger partial charge on any atom is -0.481 e. The fraction of sp³-hybridized carbons (Fsp3) is 0.700. The Labute approximate surface area is 190 Å². The number of carbonyl (C=O) groups excluding carboxylic acids is 3. The van der Waals surface area contributed by atoms with Gasteiger partial charge in [-0.05, 0) is 31.6 Å². The van der Waals surface area contributed by atoms with Crippen LogP contribution in [0.5, 0.6) is 0 Å². The molecular formula is C20H32N4O9. The zero-order valence-corrected chi connectivity index (χ0v) is 18.7. The van der Waals surface area contributed by atoms with E-state index in [-0.39, 0.29) is 32.2 Å². The van der Waals surface area contributed by atoms with Crippen LogP contribution >= 0.6 is 0 Å². The van der Waals surface area contributed by atoms with Gasteiger partial charge in [-0.2, -0.15) is 0 Å². The van der Waals surface area contributed by atoms with E-state index in [1.165, 1.54) is 0 Å². The first-order valence-electron chi connectivity index (χ1n) is 10.7. The number of nitrogens with two attached hydrogens (primary N) is 1. The molecule has 0 bridgehead atoms. The van der Waals surface area contributed by atoms with Crippen LogP contribution in [0.15, 0.2) is 0 Å². The van der Waals surface area contributed by atoms with E-state index in [2.05, 4.69) is 10.6 Å². The summed E-state index contributed by atoms with van der Waals surface area (Å²) >= 11 is 0. The second kappa shape index (κ2) is 12.7. The molecule has 0 aromatic rings. The lowest BCUT2D eigenvalue weighted by Gasteiger charge is -2.29. The Balaban J connectivity index is 2.96. The molecule has 0 saturated carbocycles. The molecule has 0 radical (unpaired) electrons. The van der Waals surface area contributed by atoms with Crippen LogP contribution in [-0.2, 0) is 28.8 Å². The van der Waals surface area contributed by atoms with Crippen molar-refractivity contribution in [2.45, 2.75) is 76.5 Å². The molecule has 1 fully saturated rings. The number of nitrogens with zero attached hydrogens (tertiary/aromatic N) is 1. The number of carboxylic acids is 3. The van der Waals surface area contributed by atoms with Crippen molar-refractivity contribution < 1.29 is 44.1 Å². The Bertz CT molecular complexity index is 771. The highest BCUT2D eigenvalue weighted by Gasteiger charge is 2.38. The first-order valence-corrected chi connectivity index (χ1v) is 10.7. The number of likely N-dealkylation sites (tertiary alicyclic amines) is 1. The highest BCUT2D eigenvalue weighted by Crippen LogP contribution is 2.20. The molecular weight excluding hydrogens is 440 g/mol. The molecule has 3 amide bonds. The van der Waals surface area contributed by atoms with Crippen molar-refractivity contribution in [1.29, 1.82) is 0 Å². The van der Waals surface area contributed by atoms with Gasteiger partial charge < -0.3 is 36.6 Å². The molecule has 13 heteroatoms. The van der Waals surface area contributed by atoms with Crippen LogP contribution in [0.25, 0.3) is 0 Å². The number of hydrogen-bond donors (Lipinski definition) is 6. The molecule has 13 nitrogen and oxygen atoms in total. The maximum atomic E-state index is 13.0. The topological polar surface area (TPSA) is 216 Å². The molecule has 1 rings (SSSR count). The third-order valence-electron chi connectivity index (χ3n) is 5.34. The zero-order valence-electron chi connectivity index (χ0n) is 18.7. The summed E-state index contributed by atoms with van der Waals surface area (Å²) in [7, 11) is 0. The number of carboxylic acid groups (broad SMARTS) is 3. The van der Waals surface area contributed by atoms with Crippen LogP contribution in [0, 0.1) is 5.92 Å². The van der Waals surface area contributed by atoms with E-state index in [1.807, 2.05) is 0 Å². The summed E-state index contributed by atoms with van der Waals surface area (Å²) in [6, 6.07) is -4.66. The van der Waals surface area contributed by atoms with Crippen LogP contribution in [0.4, 0.5) is 0 Å². The number of carbonyl (C=O) groups is 6. The van der Waals surface area contributed by atoms with Gasteiger partial charge >= 0.3 is 17.9 Å². The SMILES string of the molecule is CC(C)C(NC(=O)C(N)CCC(=O)O)C(=O)NC(CCC(=O)O)C(=O)N1CCCC1C(=O)O. The third-order valence-corrected chi connectivity index (χ3v) is 5.34. The van der Waals surface area contributed by atoms with Crippen LogP contribution in [-0.4, -0.2) is 86.6 Å². The van der Waals surface area contributed by atoms with Crippen molar-refractivity contribution >= 4 is 35.6 Å². The Morgan fingerprint density at radius 2 is 1.52 bits per heavy atom. The second-order valence-corrected chi connectivity index (χ2v) is 8.29. The van der Waals surface area contributed by atoms with E-state index >= 15 is 0 Å². The summed E-state index contributed by atoms with van der Waals surface area (Å²) in [6.45, 7) is 3.42. The van der Waals surface area contributed by atoms with Crippen molar-refractivity contribution in [3.8, 4) is 0 Å². The molecule has 7 N–H and O–H groups in total. The van der Waals surface area contributed by atoms with Gasteiger partial charge in [0.1, 0.15) is 18.1 Å². The number of aliphatic carboxylic acids is 3. The maximum absolute atomic E-state index is 13.0. The van der Waals surface area contributed by atoms with E-state index in [4.69, 9.17) is 15.9 Å². The summed E-state index contributed by atoms with van der Waals surface area (Å²) in [5, 5.41) is 31.9. The van der Waals surface area contributed by atoms with E-state index in [0.717, 1.165) is 4.90 Å². The molecule has 1 saturated heterocycles. The Morgan fingerprint density at radius 3 is 2.03 bits per heavy atom. The van der Waals surface area contributed by atoms with Crippen LogP contribution < -0.4 is 16.4 Å². The van der Waals surface area contributed by atoms with Crippen LogP contribution in [0.3, 0.4) is 0 Å². The normalized spacial score (nSPS) is 18.3. The van der Waals surface area contributed by atoms with Gasteiger partial charge in [0.2, 0.25) is 17.7 Å². The largest absolute Gasteiger partial charge is 0.481 e. The zero-order chi connectivity index (χ0) is 25.3. The highest BCUT2D eigenvalue weighted by molar-refractivity contribution is 5.94.